The van der Waals surface area contributed by atoms with Crippen LogP contribution in [0, 0.1) is 18.3 Å². The van der Waals surface area contributed by atoms with Gasteiger partial charge in [-0.2, -0.15) is 16.6 Å². The van der Waals surface area contributed by atoms with Crippen molar-refractivity contribution in [3.05, 3.63) is 45.6 Å². The van der Waals surface area contributed by atoms with E-state index in [1.807, 2.05) is 0 Å². The third-order valence-corrected chi connectivity index (χ3v) is 3.52. The van der Waals surface area contributed by atoms with E-state index in [0.29, 0.717) is 11.3 Å². The van der Waals surface area contributed by atoms with Gasteiger partial charge < -0.3 is 11.1 Å². The molecule has 0 bridgehead atoms. The molecule has 0 aliphatic carbocycles. The molecule has 0 aliphatic heterocycles. The van der Waals surface area contributed by atoms with Crippen LogP contribution in [-0.4, -0.2) is 0 Å². The van der Waals surface area contributed by atoms with Gasteiger partial charge in [-0.05, 0) is 47.0 Å². The van der Waals surface area contributed by atoms with Gasteiger partial charge in [0, 0.05) is 6.54 Å². The minimum Gasteiger partial charge on any atom is -0.397 e. The van der Waals surface area contributed by atoms with Crippen molar-refractivity contribution in [2.75, 3.05) is 11.1 Å². The van der Waals surface area contributed by atoms with Crippen LogP contribution in [0.3, 0.4) is 0 Å². The van der Waals surface area contributed by atoms with Crippen molar-refractivity contribution >= 4 is 22.7 Å². The van der Waals surface area contributed by atoms with Crippen molar-refractivity contribution < 1.29 is 0 Å². The summed E-state index contributed by atoms with van der Waals surface area (Å²) in [7, 11) is 0. The van der Waals surface area contributed by atoms with Gasteiger partial charge >= 0.3 is 0 Å². The van der Waals surface area contributed by atoms with Gasteiger partial charge in [0.15, 0.2) is 0 Å². The summed E-state index contributed by atoms with van der Waals surface area (Å²) in [5.41, 5.74) is 10.5. The largest absolute Gasteiger partial charge is 0.397 e. The first-order chi connectivity index (χ1) is 8.20. The normalized spacial score (nSPS) is 9.88. The zero-order valence-electron chi connectivity index (χ0n) is 9.53. The fraction of sp³-hybridized carbons (Fsp3) is 0.154. The molecule has 0 unspecified atom stereocenters. The predicted molar refractivity (Wildman–Crippen MR) is 72.0 cm³/mol. The minimum absolute atomic E-state index is 0.615. The van der Waals surface area contributed by atoms with Gasteiger partial charge in [-0.25, -0.2) is 0 Å². The molecule has 0 aliphatic rings. The maximum Gasteiger partial charge on any atom is 0.0992 e. The maximum atomic E-state index is 8.83. The van der Waals surface area contributed by atoms with E-state index in [-0.39, 0.29) is 0 Å². The molecule has 86 valence electrons. The van der Waals surface area contributed by atoms with Crippen molar-refractivity contribution in [3.8, 4) is 6.07 Å². The molecular weight excluding hydrogens is 230 g/mol. The molecular formula is C13H13N3S. The fourth-order valence-electron chi connectivity index (χ4n) is 1.54. The van der Waals surface area contributed by atoms with Gasteiger partial charge in [-0.1, -0.05) is 0 Å². The van der Waals surface area contributed by atoms with Crippen LogP contribution in [0.1, 0.15) is 16.7 Å². The number of nitrogens with one attached hydrogen (secondary N) is 1. The van der Waals surface area contributed by atoms with Gasteiger partial charge in [0.1, 0.15) is 0 Å². The summed E-state index contributed by atoms with van der Waals surface area (Å²) in [5, 5.41) is 16.3. The highest BCUT2D eigenvalue weighted by atomic mass is 32.1. The van der Waals surface area contributed by atoms with Crippen molar-refractivity contribution in [2.45, 2.75) is 13.5 Å². The van der Waals surface area contributed by atoms with Crippen LogP contribution in [-0.2, 0) is 6.54 Å². The van der Waals surface area contributed by atoms with Crippen molar-refractivity contribution in [2.24, 2.45) is 0 Å². The maximum absolute atomic E-state index is 8.83. The molecule has 3 nitrogen and oxygen atoms in total. The van der Waals surface area contributed by atoms with E-state index in [4.69, 9.17) is 11.0 Å². The van der Waals surface area contributed by atoms with Crippen LogP contribution in [0.25, 0.3) is 0 Å². The second kappa shape index (κ2) is 4.89. The number of hydrogen-bond acceptors (Lipinski definition) is 4. The molecule has 0 atom stereocenters. The second-order valence-corrected chi connectivity index (χ2v) is 4.59. The van der Waals surface area contributed by atoms with Crippen LogP contribution in [0.4, 0.5) is 11.4 Å². The van der Waals surface area contributed by atoms with E-state index in [1.54, 1.807) is 29.5 Å². The Morgan fingerprint density at radius 1 is 1.41 bits per heavy atom. The zero-order valence-corrected chi connectivity index (χ0v) is 10.3. The van der Waals surface area contributed by atoms with Gasteiger partial charge in [0.2, 0.25) is 0 Å². The summed E-state index contributed by atoms with van der Waals surface area (Å²) in [4.78, 5) is 0. The third kappa shape index (κ3) is 2.58. The molecule has 0 saturated heterocycles. The smallest absolute Gasteiger partial charge is 0.0992 e. The number of nitrogens with two attached hydrogens (primary N) is 1. The number of anilines is 2. The zero-order chi connectivity index (χ0) is 12.3. The van der Waals surface area contributed by atoms with Crippen LogP contribution >= 0.6 is 11.3 Å². The van der Waals surface area contributed by atoms with Crippen LogP contribution < -0.4 is 11.1 Å². The molecule has 0 fully saturated rings. The van der Waals surface area contributed by atoms with Crippen molar-refractivity contribution in [3.63, 3.8) is 0 Å². The highest BCUT2D eigenvalue weighted by Gasteiger charge is 2.03. The molecule has 2 rings (SSSR count). The Balaban J connectivity index is 2.14. The molecule has 0 saturated carbocycles. The van der Waals surface area contributed by atoms with Crippen LogP contribution in [0.15, 0.2) is 29.0 Å². The van der Waals surface area contributed by atoms with E-state index in [9.17, 15) is 0 Å². The molecule has 0 radical (unpaired) electrons. The highest BCUT2D eigenvalue weighted by molar-refractivity contribution is 7.08. The lowest BCUT2D eigenvalue weighted by Gasteiger charge is -2.09. The second-order valence-electron chi connectivity index (χ2n) is 3.85. The monoisotopic (exact) mass is 243 g/mol. The number of nitrogens with zero attached hydrogens (tertiary/aromatic N) is 1. The third-order valence-electron chi connectivity index (χ3n) is 2.61. The van der Waals surface area contributed by atoms with Gasteiger partial charge in [0.25, 0.3) is 0 Å². The molecule has 0 spiro atoms. The summed E-state index contributed by atoms with van der Waals surface area (Å²) < 4.78 is 0. The lowest BCUT2D eigenvalue weighted by molar-refractivity contribution is 1.14. The van der Waals surface area contributed by atoms with Gasteiger partial charge in [0.05, 0.1) is 23.0 Å². The first-order valence-corrected chi connectivity index (χ1v) is 6.20. The summed E-state index contributed by atoms with van der Waals surface area (Å²) in [6.45, 7) is 2.82. The predicted octanol–water partition coefficient (Wildman–Crippen LogP) is 3.12. The summed E-state index contributed by atoms with van der Waals surface area (Å²) in [5.74, 6) is 0. The average molecular weight is 243 g/mol. The van der Waals surface area contributed by atoms with E-state index < -0.39 is 0 Å². The van der Waals surface area contributed by atoms with Gasteiger partial charge in [-0.3, -0.25) is 0 Å². The van der Waals surface area contributed by atoms with E-state index in [2.05, 4.69) is 29.1 Å². The summed E-state index contributed by atoms with van der Waals surface area (Å²) in [6.07, 6.45) is 0. The topological polar surface area (TPSA) is 61.8 Å². The minimum atomic E-state index is 0.615. The number of nitriles is 1. The molecule has 2 aromatic rings. The first-order valence-electron chi connectivity index (χ1n) is 5.26. The van der Waals surface area contributed by atoms with E-state index in [0.717, 1.165) is 12.2 Å². The van der Waals surface area contributed by atoms with Crippen molar-refractivity contribution in [1.29, 1.82) is 5.26 Å². The molecule has 17 heavy (non-hydrogen) atoms. The van der Waals surface area contributed by atoms with Crippen molar-refractivity contribution in [1.82, 2.24) is 0 Å². The number of hydrogen-bond donors (Lipinski definition) is 2. The summed E-state index contributed by atoms with van der Waals surface area (Å²) >= 11 is 1.69. The molecule has 1 aromatic heterocycles. The number of benzene rings is 1. The Labute approximate surface area is 105 Å². The Hall–Kier alpha value is -1.99. The number of rotatable bonds is 3. The Kier molecular flexibility index (Phi) is 3.31. The number of aryl methyl sites for hydroxylation is 1. The molecule has 3 N–H and O–H groups in total. The number of nitrogen functional groups attached to an aromatic ring is 1. The fourth-order valence-corrected chi connectivity index (χ4v) is 2.39. The summed E-state index contributed by atoms with van der Waals surface area (Å²) in [6, 6.07) is 7.35. The lowest BCUT2D eigenvalue weighted by Crippen LogP contribution is -2.02. The molecule has 0 amide bonds. The SMILES string of the molecule is Cc1cscc1CNc1cc(C#N)ccc1N. The Morgan fingerprint density at radius 3 is 2.88 bits per heavy atom. The molecule has 1 aromatic carbocycles. The van der Waals surface area contributed by atoms with Crippen LogP contribution in [0.5, 0.6) is 0 Å². The lowest BCUT2D eigenvalue weighted by atomic mass is 10.1. The Bertz CT molecular complexity index is 566. The first kappa shape index (κ1) is 11.5. The standard InChI is InChI=1S/C13H13N3S/c1-9-7-17-8-11(9)6-16-13-4-10(5-14)2-3-12(13)15/h2-4,7-8,16H,6,15H2,1H3. The van der Waals surface area contributed by atoms with E-state index >= 15 is 0 Å². The van der Waals surface area contributed by atoms with Gasteiger partial charge in [-0.15, -0.1) is 0 Å². The average Bonchev–Trinajstić information content (AvgIpc) is 2.74. The quantitative estimate of drug-likeness (QED) is 0.814. The highest BCUT2D eigenvalue weighted by Crippen LogP contribution is 2.22. The molecule has 4 heteroatoms. The molecule has 1 heterocycles. The van der Waals surface area contributed by atoms with E-state index in [1.165, 1.54) is 11.1 Å². The van der Waals surface area contributed by atoms with Crippen LogP contribution in [0.2, 0.25) is 0 Å². The number of thiophene rings is 1. The Morgan fingerprint density at radius 2 is 2.24 bits per heavy atom.